The van der Waals surface area contributed by atoms with Gasteiger partial charge in [0.15, 0.2) is 6.73 Å². The van der Waals surface area contributed by atoms with Crippen LogP contribution in [0.15, 0.2) is 6.07 Å². The molecule has 0 atom stereocenters. The minimum atomic E-state index is -0.0431. The smallest absolute Gasteiger partial charge is 0.270 e. The van der Waals surface area contributed by atoms with E-state index in [-0.39, 0.29) is 19.2 Å². The maximum Gasteiger partial charge on any atom is 0.270 e. The average Bonchev–Trinajstić information content (AvgIpc) is 2.52. The zero-order chi connectivity index (χ0) is 10.1. The van der Waals surface area contributed by atoms with E-state index in [2.05, 4.69) is 0 Å². The first-order valence-corrected chi connectivity index (χ1v) is 5.17. The first kappa shape index (κ1) is 9.48. The van der Waals surface area contributed by atoms with E-state index >= 15 is 0 Å². The van der Waals surface area contributed by atoms with Crippen molar-refractivity contribution in [2.24, 2.45) is 0 Å². The number of aliphatic hydroxyl groups is 1. The third-order valence-corrected chi connectivity index (χ3v) is 3.07. The van der Waals surface area contributed by atoms with E-state index in [9.17, 15) is 4.79 Å². The van der Waals surface area contributed by atoms with Crippen LogP contribution < -0.4 is 4.74 Å². The molecule has 1 aromatic heterocycles. The van der Waals surface area contributed by atoms with Gasteiger partial charge < -0.3 is 14.7 Å². The molecule has 0 bridgehead atoms. The second kappa shape index (κ2) is 3.59. The van der Waals surface area contributed by atoms with Crippen molar-refractivity contribution < 1.29 is 14.6 Å². The monoisotopic (exact) mass is 213 g/mol. The molecule has 1 amide bonds. The molecular formula is C9H11NO3S. The molecule has 0 aliphatic carbocycles. The summed E-state index contributed by atoms with van der Waals surface area (Å²) in [5.74, 6) is 0.630. The lowest BCUT2D eigenvalue weighted by atomic mass is 10.3. The third kappa shape index (κ3) is 1.49. The minimum absolute atomic E-state index is 0.0329. The fourth-order valence-electron chi connectivity index (χ4n) is 1.38. The van der Waals surface area contributed by atoms with Gasteiger partial charge in [-0.15, -0.1) is 11.3 Å². The number of hydrogen-bond acceptors (Lipinski definition) is 4. The first-order chi connectivity index (χ1) is 6.72. The summed E-state index contributed by atoms with van der Waals surface area (Å²) in [5, 5.41) is 8.74. The number of aliphatic hydroxyl groups excluding tert-OH is 1. The van der Waals surface area contributed by atoms with Crippen LogP contribution in [-0.4, -0.2) is 35.8 Å². The van der Waals surface area contributed by atoms with Gasteiger partial charge in [0.25, 0.3) is 5.91 Å². The SMILES string of the molecule is Cc1cc2c(s1)C(=O)N(CCO)CO2. The van der Waals surface area contributed by atoms with Crippen molar-refractivity contribution in [1.29, 1.82) is 0 Å². The number of carbonyl (C=O) groups excluding carboxylic acids is 1. The van der Waals surface area contributed by atoms with Gasteiger partial charge in [-0.05, 0) is 13.0 Å². The fourth-order valence-corrected chi connectivity index (χ4v) is 2.31. The Morgan fingerprint density at radius 3 is 3.21 bits per heavy atom. The van der Waals surface area contributed by atoms with Crippen LogP contribution in [0.25, 0.3) is 0 Å². The van der Waals surface area contributed by atoms with E-state index in [1.807, 2.05) is 13.0 Å². The molecule has 1 N–H and O–H groups in total. The van der Waals surface area contributed by atoms with Crippen LogP contribution in [0.1, 0.15) is 14.5 Å². The van der Waals surface area contributed by atoms with Crippen molar-refractivity contribution in [3.8, 4) is 5.75 Å². The lowest BCUT2D eigenvalue weighted by molar-refractivity contribution is 0.0479. The number of fused-ring (bicyclic) bond motifs is 1. The zero-order valence-corrected chi connectivity index (χ0v) is 8.63. The van der Waals surface area contributed by atoms with Crippen LogP contribution in [-0.2, 0) is 0 Å². The molecule has 0 aromatic carbocycles. The molecule has 0 unspecified atom stereocenters. The Kier molecular flexibility index (Phi) is 2.43. The summed E-state index contributed by atoms with van der Waals surface area (Å²) in [6.45, 7) is 2.47. The molecule has 1 aliphatic heterocycles. The van der Waals surface area contributed by atoms with Crippen LogP contribution in [0, 0.1) is 6.92 Å². The van der Waals surface area contributed by atoms with Crippen molar-refractivity contribution >= 4 is 17.2 Å². The summed E-state index contributed by atoms with van der Waals surface area (Å²) in [6.07, 6.45) is 0. The van der Waals surface area contributed by atoms with Crippen LogP contribution in [0.2, 0.25) is 0 Å². The molecule has 0 spiro atoms. The van der Waals surface area contributed by atoms with Crippen LogP contribution >= 0.6 is 11.3 Å². The van der Waals surface area contributed by atoms with Gasteiger partial charge in [-0.25, -0.2) is 0 Å². The number of carbonyl (C=O) groups is 1. The number of rotatable bonds is 2. The Labute approximate surface area is 85.7 Å². The summed E-state index contributed by atoms with van der Waals surface area (Å²) in [4.78, 5) is 15.0. The second-order valence-electron chi connectivity index (χ2n) is 3.12. The molecule has 4 nitrogen and oxygen atoms in total. The van der Waals surface area contributed by atoms with Crippen molar-refractivity contribution in [2.75, 3.05) is 19.9 Å². The molecule has 1 aliphatic rings. The number of thiophene rings is 1. The summed E-state index contributed by atoms with van der Waals surface area (Å²) in [7, 11) is 0. The van der Waals surface area contributed by atoms with E-state index in [1.54, 1.807) is 0 Å². The van der Waals surface area contributed by atoms with Crippen molar-refractivity contribution in [1.82, 2.24) is 4.90 Å². The quantitative estimate of drug-likeness (QED) is 0.792. The number of ether oxygens (including phenoxy) is 1. The molecule has 1 aromatic rings. The molecule has 2 heterocycles. The predicted molar refractivity (Wildman–Crippen MR) is 52.7 cm³/mol. The Balaban J connectivity index is 2.26. The number of nitrogens with zero attached hydrogens (tertiary/aromatic N) is 1. The largest absolute Gasteiger partial charge is 0.471 e. The van der Waals surface area contributed by atoms with E-state index in [0.717, 1.165) is 4.88 Å². The summed E-state index contributed by atoms with van der Waals surface area (Å²) < 4.78 is 5.38. The van der Waals surface area contributed by atoms with E-state index in [4.69, 9.17) is 9.84 Å². The third-order valence-electron chi connectivity index (χ3n) is 2.05. The lowest BCUT2D eigenvalue weighted by Crippen LogP contribution is -2.39. The second-order valence-corrected chi connectivity index (χ2v) is 4.37. The van der Waals surface area contributed by atoms with Crippen LogP contribution in [0.3, 0.4) is 0 Å². The zero-order valence-electron chi connectivity index (χ0n) is 7.82. The number of aryl methyl sites for hydroxylation is 1. The average molecular weight is 213 g/mol. The molecular weight excluding hydrogens is 202 g/mol. The Morgan fingerprint density at radius 2 is 2.50 bits per heavy atom. The maximum atomic E-state index is 11.8. The summed E-state index contributed by atoms with van der Waals surface area (Å²) in [6, 6.07) is 1.87. The van der Waals surface area contributed by atoms with Crippen molar-refractivity contribution in [2.45, 2.75) is 6.92 Å². The van der Waals surface area contributed by atoms with E-state index in [1.165, 1.54) is 16.2 Å². The molecule has 76 valence electrons. The van der Waals surface area contributed by atoms with Gasteiger partial charge in [0, 0.05) is 11.4 Å². The van der Waals surface area contributed by atoms with Gasteiger partial charge in [0.1, 0.15) is 10.6 Å². The summed E-state index contributed by atoms with van der Waals surface area (Å²) in [5.41, 5.74) is 0. The fraction of sp³-hybridized carbons (Fsp3) is 0.444. The molecule has 0 fully saturated rings. The van der Waals surface area contributed by atoms with Gasteiger partial charge in [0.2, 0.25) is 0 Å². The number of amides is 1. The molecule has 14 heavy (non-hydrogen) atoms. The van der Waals surface area contributed by atoms with E-state index in [0.29, 0.717) is 17.2 Å². The normalized spacial score (nSPS) is 15.3. The summed E-state index contributed by atoms with van der Waals surface area (Å²) >= 11 is 1.43. The first-order valence-electron chi connectivity index (χ1n) is 4.35. The topological polar surface area (TPSA) is 49.8 Å². The predicted octanol–water partition coefficient (Wildman–Crippen LogP) is 0.841. The Hall–Kier alpha value is -1.07. The highest BCUT2D eigenvalue weighted by Crippen LogP contribution is 2.32. The molecule has 2 rings (SSSR count). The maximum absolute atomic E-state index is 11.8. The number of hydrogen-bond donors (Lipinski definition) is 1. The lowest BCUT2D eigenvalue weighted by Gasteiger charge is -2.25. The van der Waals surface area contributed by atoms with Gasteiger partial charge in [-0.1, -0.05) is 0 Å². The van der Waals surface area contributed by atoms with Crippen LogP contribution in [0.4, 0.5) is 0 Å². The van der Waals surface area contributed by atoms with Crippen molar-refractivity contribution in [3.05, 3.63) is 15.8 Å². The van der Waals surface area contributed by atoms with Gasteiger partial charge >= 0.3 is 0 Å². The molecule has 0 radical (unpaired) electrons. The highest BCUT2D eigenvalue weighted by Gasteiger charge is 2.27. The highest BCUT2D eigenvalue weighted by atomic mass is 32.1. The molecule has 5 heteroatoms. The standard InChI is InChI=1S/C9H11NO3S/c1-6-4-7-8(14-6)9(12)10(2-3-11)5-13-7/h4,11H,2-3,5H2,1H3. The van der Waals surface area contributed by atoms with E-state index < -0.39 is 0 Å². The van der Waals surface area contributed by atoms with Crippen molar-refractivity contribution in [3.63, 3.8) is 0 Å². The molecule has 0 saturated heterocycles. The minimum Gasteiger partial charge on any atom is -0.471 e. The Morgan fingerprint density at radius 1 is 1.71 bits per heavy atom. The van der Waals surface area contributed by atoms with Crippen LogP contribution in [0.5, 0.6) is 5.75 Å². The van der Waals surface area contributed by atoms with Gasteiger partial charge in [0.05, 0.1) is 6.61 Å². The molecule has 0 saturated carbocycles. The van der Waals surface area contributed by atoms with Gasteiger partial charge in [-0.2, -0.15) is 0 Å². The highest BCUT2D eigenvalue weighted by molar-refractivity contribution is 7.14. The van der Waals surface area contributed by atoms with Gasteiger partial charge in [-0.3, -0.25) is 4.79 Å². The Bertz CT molecular complexity index is 361. The number of β-amino-alcohol motifs (C(OH)–C–C–N with tert-alkyl or cyclic N) is 1.